The van der Waals surface area contributed by atoms with Crippen LogP contribution in [0.15, 0.2) is 18.3 Å². The fourth-order valence-corrected chi connectivity index (χ4v) is 6.21. The van der Waals surface area contributed by atoms with Crippen molar-refractivity contribution in [2.24, 2.45) is 0 Å². The van der Waals surface area contributed by atoms with Crippen LogP contribution in [0.3, 0.4) is 0 Å². The Bertz CT molecular complexity index is 893. The molecule has 2 aromatic rings. The molecular weight excluding hydrogens is 380 g/mol. The van der Waals surface area contributed by atoms with Gasteiger partial charge in [0.1, 0.15) is 5.69 Å². The Morgan fingerprint density at radius 3 is 2.81 bits per heavy atom. The molecule has 27 heavy (non-hydrogen) atoms. The lowest BCUT2D eigenvalue weighted by Crippen LogP contribution is -2.43. The van der Waals surface area contributed by atoms with Crippen molar-refractivity contribution in [1.29, 1.82) is 0 Å². The van der Waals surface area contributed by atoms with Crippen LogP contribution >= 0.6 is 23.1 Å². The van der Waals surface area contributed by atoms with Crippen LogP contribution in [0.5, 0.6) is 0 Å². The smallest absolute Gasteiger partial charge is 0.270 e. The van der Waals surface area contributed by atoms with Gasteiger partial charge in [-0.25, -0.2) is 4.98 Å². The molecule has 3 saturated heterocycles. The summed E-state index contributed by atoms with van der Waals surface area (Å²) in [6, 6.07) is 4.86. The van der Waals surface area contributed by atoms with E-state index in [-0.39, 0.29) is 17.9 Å². The quantitative estimate of drug-likeness (QED) is 0.823. The van der Waals surface area contributed by atoms with Gasteiger partial charge in [0.05, 0.1) is 9.58 Å². The minimum absolute atomic E-state index is 0.0931. The van der Waals surface area contributed by atoms with Crippen molar-refractivity contribution in [3.8, 4) is 0 Å². The molecule has 3 atom stereocenters. The van der Waals surface area contributed by atoms with Crippen molar-refractivity contribution < 1.29 is 9.59 Å². The van der Waals surface area contributed by atoms with Crippen LogP contribution in [-0.2, 0) is 0 Å². The summed E-state index contributed by atoms with van der Waals surface area (Å²) in [6.45, 7) is 1.61. The number of carbonyl (C=O) groups is 2. The molecule has 2 bridgehead atoms. The normalized spacial score (nSPS) is 27.3. The standard InChI is InChI=1S/C19H22N4O2S2/c24-18(22-14-9-12-1-2-13(14)21-12)15-7-11-8-16(27-17(11)10-20-15)19(25)23-3-5-26-6-4-23/h7-8,10,12-14,21H,1-6,9H2,(H,22,24)/t12-,13+,14-/m1/s1. The van der Waals surface area contributed by atoms with Crippen molar-refractivity contribution in [3.63, 3.8) is 0 Å². The van der Waals surface area contributed by atoms with E-state index in [1.807, 2.05) is 28.8 Å². The second-order valence-corrected chi connectivity index (χ2v) is 9.79. The van der Waals surface area contributed by atoms with E-state index < -0.39 is 0 Å². The highest BCUT2D eigenvalue weighted by Crippen LogP contribution is 2.29. The molecule has 2 N–H and O–H groups in total. The van der Waals surface area contributed by atoms with Crippen LogP contribution in [-0.4, -0.2) is 64.4 Å². The van der Waals surface area contributed by atoms with E-state index in [0.717, 1.165) is 52.4 Å². The minimum atomic E-state index is -0.122. The molecule has 0 aliphatic carbocycles. The van der Waals surface area contributed by atoms with E-state index in [0.29, 0.717) is 17.8 Å². The molecule has 2 aromatic heterocycles. The number of amides is 2. The van der Waals surface area contributed by atoms with Crippen molar-refractivity contribution in [2.45, 2.75) is 37.4 Å². The number of nitrogens with zero attached hydrogens (tertiary/aromatic N) is 2. The first-order valence-electron chi connectivity index (χ1n) is 9.51. The number of hydrogen-bond donors (Lipinski definition) is 2. The maximum Gasteiger partial charge on any atom is 0.270 e. The zero-order valence-electron chi connectivity index (χ0n) is 14.9. The molecule has 3 aliphatic rings. The van der Waals surface area contributed by atoms with E-state index in [1.165, 1.54) is 17.8 Å². The monoisotopic (exact) mass is 402 g/mol. The third-order valence-corrected chi connectivity index (χ3v) is 7.78. The topological polar surface area (TPSA) is 74.3 Å². The first-order chi connectivity index (χ1) is 13.2. The lowest BCUT2D eigenvalue weighted by Gasteiger charge is -2.25. The van der Waals surface area contributed by atoms with E-state index in [2.05, 4.69) is 15.6 Å². The molecule has 8 heteroatoms. The van der Waals surface area contributed by atoms with E-state index in [9.17, 15) is 9.59 Å². The average molecular weight is 403 g/mol. The van der Waals surface area contributed by atoms with Crippen molar-refractivity contribution in [1.82, 2.24) is 20.5 Å². The number of hydrogen-bond acceptors (Lipinski definition) is 6. The Balaban J connectivity index is 1.32. The molecule has 5 heterocycles. The van der Waals surface area contributed by atoms with Crippen LogP contribution < -0.4 is 10.6 Å². The van der Waals surface area contributed by atoms with E-state index >= 15 is 0 Å². The molecule has 0 radical (unpaired) electrons. The number of fused-ring (bicyclic) bond motifs is 3. The summed E-state index contributed by atoms with van der Waals surface area (Å²) in [5.41, 5.74) is 0.427. The molecule has 3 fully saturated rings. The predicted octanol–water partition coefficient (Wildman–Crippen LogP) is 2.11. The highest BCUT2D eigenvalue weighted by Gasteiger charge is 2.39. The van der Waals surface area contributed by atoms with Crippen LogP contribution in [0.1, 0.15) is 39.4 Å². The highest BCUT2D eigenvalue weighted by molar-refractivity contribution is 7.99. The summed E-state index contributed by atoms with van der Waals surface area (Å²) in [5.74, 6) is 1.97. The van der Waals surface area contributed by atoms with Gasteiger partial charge in [0.2, 0.25) is 0 Å². The van der Waals surface area contributed by atoms with Crippen LogP contribution in [0.25, 0.3) is 10.1 Å². The van der Waals surface area contributed by atoms with Gasteiger partial charge in [-0.15, -0.1) is 11.3 Å². The number of rotatable bonds is 3. The van der Waals surface area contributed by atoms with Crippen LogP contribution in [0.4, 0.5) is 0 Å². The zero-order chi connectivity index (χ0) is 18.4. The molecule has 6 nitrogen and oxygen atoms in total. The van der Waals surface area contributed by atoms with Gasteiger partial charge in [-0.2, -0.15) is 11.8 Å². The Morgan fingerprint density at radius 2 is 2.07 bits per heavy atom. The molecule has 2 amide bonds. The predicted molar refractivity (Wildman–Crippen MR) is 109 cm³/mol. The first kappa shape index (κ1) is 17.5. The highest BCUT2D eigenvalue weighted by atomic mass is 32.2. The van der Waals surface area contributed by atoms with Crippen LogP contribution in [0, 0.1) is 0 Å². The molecule has 0 aromatic carbocycles. The number of nitrogens with one attached hydrogen (secondary N) is 2. The van der Waals surface area contributed by atoms with E-state index in [4.69, 9.17) is 0 Å². The largest absolute Gasteiger partial charge is 0.346 e. The molecule has 0 unspecified atom stereocenters. The SMILES string of the molecule is O=C(N[C@@H]1C[C@H]2CC[C@@H]1N2)c1cc2cc(C(=O)N3CCSCC3)sc2cn1. The Hall–Kier alpha value is -1.64. The Kier molecular flexibility index (Phi) is 4.57. The van der Waals surface area contributed by atoms with Gasteiger partial charge in [0, 0.05) is 48.9 Å². The zero-order valence-corrected chi connectivity index (χ0v) is 16.6. The summed E-state index contributed by atoms with van der Waals surface area (Å²) in [7, 11) is 0. The maximum atomic E-state index is 12.7. The van der Waals surface area contributed by atoms with Crippen LogP contribution in [0.2, 0.25) is 0 Å². The van der Waals surface area contributed by atoms with Crippen molar-refractivity contribution in [3.05, 3.63) is 28.9 Å². The number of carbonyl (C=O) groups excluding carboxylic acids is 2. The Morgan fingerprint density at radius 1 is 1.22 bits per heavy atom. The van der Waals surface area contributed by atoms with Gasteiger partial charge in [-0.3, -0.25) is 9.59 Å². The Labute approximate surface area is 166 Å². The minimum Gasteiger partial charge on any atom is -0.346 e. The van der Waals surface area contributed by atoms with E-state index in [1.54, 1.807) is 6.20 Å². The molecular formula is C19H22N4O2S2. The fraction of sp³-hybridized carbons (Fsp3) is 0.526. The number of thioether (sulfide) groups is 1. The van der Waals surface area contributed by atoms with Gasteiger partial charge >= 0.3 is 0 Å². The molecule has 0 spiro atoms. The van der Waals surface area contributed by atoms with Gasteiger partial charge in [-0.05, 0) is 36.8 Å². The molecule has 3 aliphatic heterocycles. The lowest BCUT2D eigenvalue weighted by atomic mass is 9.95. The van der Waals surface area contributed by atoms with Gasteiger partial charge in [0.15, 0.2) is 0 Å². The fourth-order valence-electron chi connectivity index (χ4n) is 4.32. The average Bonchev–Trinajstić information content (AvgIpc) is 3.42. The maximum absolute atomic E-state index is 12.7. The number of aromatic nitrogens is 1. The summed E-state index contributed by atoms with van der Waals surface area (Å²) in [4.78, 5) is 32.3. The second kappa shape index (κ2) is 7.07. The second-order valence-electron chi connectivity index (χ2n) is 7.49. The molecule has 142 valence electrons. The third kappa shape index (κ3) is 3.34. The van der Waals surface area contributed by atoms with Crippen molar-refractivity contribution >= 4 is 45.0 Å². The lowest BCUT2D eigenvalue weighted by molar-refractivity contribution is 0.0777. The summed E-state index contributed by atoms with van der Waals surface area (Å²) in [5, 5.41) is 7.59. The summed E-state index contributed by atoms with van der Waals surface area (Å²) < 4.78 is 0.947. The number of pyridine rings is 1. The summed E-state index contributed by atoms with van der Waals surface area (Å²) >= 11 is 3.35. The first-order valence-corrected chi connectivity index (χ1v) is 11.5. The van der Waals surface area contributed by atoms with Gasteiger partial charge < -0.3 is 15.5 Å². The van der Waals surface area contributed by atoms with Crippen molar-refractivity contribution in [2.75, 3.05) is 24.6 Å². The molecule has 5 rings (SSSR count). The molecule has 0 saturated carbocycles. The number of thiophene rings is 1. The van der Waals surface area contributed by atoms with Gasteiger partial charge in [0.25, 0.3) is 11.8 Å². The van der Waals surface area contributed by atoms with Gasteiger partial charge in [-0.1, -0.05) is 0 Å². The third-order valence-electron chi connectivity index (χ3n) is 5.76. The summed E-state index contributed by atoms with van der Waals surface area (Å²) in [6.07, 6.45) is 5.07.